The Morgan fingerprint density at radius 1 is 1.52 bits per heavy atom. The summed E-state index contributed by atoms with van der Waals surface area (Å²) in [4.78, 5) is 6.63. The van der Waals surface area contributed by atoms with Crippen molar-refractivity contribution in [2.24, 2.45) is 0 Å². The lowest BCUT2D eigenvalue weighted by Crippen LogP contribution is -2.47. The molecule has 5 nitrogen and oxygen atoms in total. The predicted octanol–water partition coefficient (Wildman–Crippen LogP) is 1.97. The van der Waals surface area contributed by atoms with Crippen LogP contribution in [0.3, 0.4) is 0 Å². The monoisotopic (exact) mass is 375 g/mol. The topological polar surface area (TPSA) is 62.3 Å². The van der Waals surface area contributed by atoms with Crippen LogP contribution in [0.4, 0.5) is 5.82 Å². The first kappa shape index (κ1) is 16.7. The highest BCUT2D eigenvalue weighted by atomic mass is 79.9. The second kappa shape index (κ2) is 7.07. The number of anilines is 1. The Morgan fingerprint density at radius 3 is 2.95 bits per heavy atom. The molecule has 7 heteroatoms. The first-order chi connectivity index (χ1) is 9.93. The third-order valence-corrected chi connectivity index (χ3v) is 5.82. The zero-order valence-corrected chi connectivity index (χ0v) is 14.9. The molecular weight excluding hydrogens is 354 g/mol. The van der Waals surface area contributed by atoms with Crippen LogP contribution in [0.25, 0.3) is 0 Å². The molecule has 0 bridgehead atoms. The van der Waals surface area contributed by atoms with E-state index in [0.29, 0.717) is 6.54 Å². The van der Waals surface area contributed by atoms with E-state index in [9.17, 15) is 8.42 Å². The molecule has 1 unspecified atom stereocenters. The van der Waals surface area contributed by atoms with Gasteiger partial charge in [0, 0.05) is 35.4 Å². The van der Waals surface area contributed by atoms with Gasteiger partial charge >= 0.3 is 0 Å². The van der Waals surface area contributed by atoms with E-state index in [1.165, 1.54) is 0 Å². The predicted molar refractivity (Wildman–Crippen MR) is 89.4 cm³/mol. The lowest BCUT2D eigenvalue weighted by molar-refractivity contribution is 0.565. The summed E-state index contributed by atoms with van der Waals surface area (Å²) in [5.74, 6) is 1.30. The molecule has 0 radical (unpaired) electrons. The fourth-order valence-electron chi connectivity index (χ4n) is 2.58. The van der Waals surface area contributed by atoms with Crippen molar-refractivity contribution in [2.75, 3.05) is 29.5 Å². The van der Waals surface area contributed by atoms with Crippen LogP contribution in [0.5, 0.6) is 0 Å². The molecule has 1 fully saturated rings. The molecule has 1 aliphatic rings. The maximum absolute atomic E-state index is 11.7. The Labute approximate surface area is 135 Å². The van der Waals surface area contributed by atoms with Crippen molar-refractivity contribution in [3.63, 3.8) is 0 Å². The van der Waals surface area contributed by atoms with Crippen molar-refractivity contribution in [3.05, 3.63) is 22.3 Å². The number of hydrogen-bond donors (Lipinski definition) is 1. The van der Waals surface area contributed by atoms with Gasteiger partial charge in [-0.1, -0.05) is 6.92 Å². The zero-order chi connectivity index (χ0) is 15.5. The van der Waals surface area contributed by atoms with Crippen molar-refractivity contribution in [2.45, 2.75) is 32.9 Å². The number of aromatic nitrogens is 1. The highest BCUT2D eigenvalue weighted by Crippen LogP contribution is 2.25. The van der Waals surface area contributed by atoms with Crippen LogP contribution in [-0.2, 0) is 16.4 Å². The summed E-state index contributed by atoms with van der Waals surface area (Å²) < 4.78 is 24.4. The molecule has 0 aromatic carbocycles. The molecule has 1 aliphatic heterocycles. The number of rotatable bonds is 5. The summed E-state index contributed by atoms with van der Waals surface area (Å²) in [5.41, 5.74) is 1.10. The third kappa shape index (κ3) is 4.40. The summed E-state index contributed by atoms with van der Waals surface area (Å²) in [5, 5.41) is 3.38. The van der Waals surface area contributed by atoms with E-state index in [4.69, 9.17) is 0 Å². The second-order valence-electron chi connectivity index (χ2n) is 5.47. The van der Waals surface area contributed by atoms with Gasteiger partial charge in [0.15, 0.2) is 9.84 Å². The minimum Gasteiger partial charge on any atom is -0.352 e. The standard InChI is InChI=1S/C14H22BrN3O2S/c1-3-4-16-8-12-7-13(15)9-17-14(12)18-5-6-21(19,20)10-11(18)2/h7,9,11,16H,3-6,8,10H2,1-2H3. The molecule has 1 aromatic rings. The summed E-state index contributed by atoms with van der Waals surface area (Å²) in [6, 6.07) is 2.02. The van der Waals surface area contributed by atoms with E-state index in [-0.39, 0.29) is 17.5 Å². The van der Waals surface area contributed by atoms with Gasteiger partial charge in [-0.3, -0.25) is 0 Å². The lowest BCUT2D eigenvalue weighted by Gasteiger charge is -2.35. The average Bonchev–Trinajstić information content (AvgIpc) is 2.39. The normalized spacial score (nSPS) is 21.5. The van der Waals surface area contributed by atoms with Crippen LogP contribution in [0, 0.1) is 0 Å². The number of pyridine rings is 1. The number of halogens is 1. The first-order valence-electron chi connectivity index (χ1n) is 7.25. The zero-order valence-electron chi connectivity index (χ0n) is 12.5. The van der Waals surface area contributed by atoms with Crippen molar-refractivity contribution >= 4 is 31.6 Å². The largest absolute Gasteiger partial charge is 0.352 e. The van der Waals surface area contributed by atoms with E-state index < -0.39 is 9.84 Å². The molecule has 2 rings (SSSR count). The molecule has 21 heavy (non-hydrogen) atoms. The lowest BCUT2D eigenvalue weighted by atomic mass is 10.2. The maximum Gasteiger partial charge on any atom is 0.154 e. The maximum atomic E-state index is 11.7. The van der Waals surface area contributed by atoms with E-state index in [2.05, 4.69) is 44.1 Å². The Balaban J connectivity index is 2.22. The number of nitrogens with one attached hydrogen (secondary N) is 1. The van der Waals surface area contributed by atoms with Gasteiger partial charge in [-0.25, -0.2) is 13.4 Å². The molecule has 1 aromatic heterocycles. The summed E-state index contributed by atoms with van der Waals surface area (Å²) >= 11 is 3.46. The van der Waals surface area contributed by atoms with Crippen LogP contribution in [0.1, 0.15) is 25.8 Å². The minimum atomic E-state index is -2.91. The molecule has 0 spiro atoms. The van der Waals surface area contributed by atoms with Crippen molar-refractivity contribution in [1.82, 2.24) is 10.3 Å². The Kier molecular flexibility index (Phi) is 5.62. The Hall–Kier alpha value is -0.660. The van der Waals surface area contributed by atoms with Crippen LogP contribution < -0.4 is 10.2 Å². The van der Waals surface area contributed by atoms with Gasteiger partial charge in [0.2, 0.25) is 0 Å². The molecule has 0 aliphatic carbocycles. The van der Waals surface area contributed by atoms with Crippen molar-refractivity contribution < 1.29 is 8.42 Å². The summed E-state index contributed by atoms with van der Waals surface area (Å²) in [7, 11) is -2.91. The Bertz CT molecular complexity index is 592. The van der Waals surface area contributed by atoms with Gasteiger partial charge in [0.25, 0.3) is 0 Å². The van der Waals surface area contributed by atoms with Crippen LogP contribution in [0.2, 0.25) is 0 Å². The molecule has 118 valence electrons. The van der Waals surface area contributed by atoms with Gasteiger partial charge in [-0.15, -0.1) is 0 Å². The van der Waals surface area contributed by atoms with Gasteiger partial charge in [-0.05, 0) is 41.9 Å². The van der Waals surface area contributed by atoms with Crippen molar-refractivity contribution in [1.29, 1.82) is 0 Å². The number of nitrogens with zero attached hydrogens (tertiary/aromatic N) is 2. The smallest absolute Gasteiger partial charge is 0.154 e. The van der Waals surface area contributed by atoms with Crippen LogP contribution in [0.15, 0.2) is 16.7 Å². The molecule has 0 amide bonds. The minimum absolute atomic E-state index is 0.0395. The van der Waals surface area contributed by atoms with Crippen LogP contribution >= 0.6 is 15.9 Å². The molecule has 2 heterocycles. The van der Waals surface area contributed by atoms with E-state index >= 15 is 0 Å². The van der Waals surface area contributed by atoms with Crippen molar-refractivity contribution in [3.8, 4) is 0 Å². The fraction of sp³-hybridized carbons (Fsp3) is 0.643. The highest BCUT2D eigenvalue weighted by molar-refractivity contribution is 9.10. The van der Waals surface area contributed by atoms with Gasteiger partial charge in [0.1, 0.15) is 5.82 Å². The molecule has 1 N–H and O–H groups in total. The number of sulfone groups is 1. The third-order valence-electron chi connectivity index (χ3n) is 3.59. The summed E-state index contributed by atoms with van der Waals surface area (Å²) in [6.45, 7) is 6.29. The van der Waals surface area contributed by atoms with Crippen LogP contribution in [-0.4, -0.2) is 44.0 Å². The fourth-order valence-corrected chi connectivity index (χ4v) is 4.51. The molecule has 1 saturated heterocycles. The molecular formula is C14H22BrN3O2S. The average molecular weight is 376 g/mol. The van der Waals surface area contributed by atoms with E-state index in [1.807, 2.05) is 6.92 Å². The van der Waals surface area contributed by atoms with Gasteiger partial charge in [-0.2, -0.15) is 0 Å². The second-order valence-corrected chi connectivity index (χ2v) is 8.61. The van der Waals surface area contributed by atoms with Gasteiger partial charge in [0.05, 0.1) is 11.5 Å². The van der Waals surface area contributed by atoms with Gasteiger partial charge < -0.3 is 10.2 Å². The Morgan fingerprint density at radius 2 is 2.29 bits per heavy atom. The van der Waals surface area contributed by atoms with E-state index in [1.54, 1.807) is 6.20 Å². The SMILES string of the molecule is CCCNCc1cc(Br)cnc1N1CCS(=O)(=O)CC1C. The molecule has 0 saturated carbocycles. The summed E-state index contributed by atoms with van der Waals surface area (Å²) in [6.07, 6.45) is 2.85. The molecule has 1 atom stereocenters. The van der Waals surface area contributed by atoms with E-state index in [0.717, 1.165) is 35.4 Å². The first-order valence-corrected chi connectivity index (χ1v) is 9.86. The highest BCUT2D eigenvalue weighted by Gasteiger charge is 2.30. The number of hydrogen-bond acceptors (Lipinski definition) is 5. The quantitative estimate of drug-likeness (QED) is 0.797.